The molecule has 3 rings (SSSR count). The first-order valence-electron chi connectivity index (χ1n) is 8.90. The van der Waals surface area contributed by atoms with Crippen molar-refractivity contribution in [1.82, 2.24) is 15.2 Å². The number of hydrogen-bond acceptors (Lipinski definition) is 4. The molecule has 0 spiro atoms. The Bertz CT molecular complexity index is 512. The standard InChI is InChI=1S/C17H28N4OS/c18-17(22)19-9-13-5-4-8-21(10-13)11-15-12-23-16(20-15)14-6-2-1-3-7-14/h12-14H,1-11H2,(H3,18,19,22). The SMILES string of the molecule is NC(=O)NCC1CCCN(Cc2csc(C3CCCCC3)n2)C1. The van der Waals surface area contributed by atoms with E-state index in [1.807, 2.05) is 11.3 Å². The van der Waals surface area contributed by atoms with E-state index in [2.05, 4.69) is 15.6 Å². The summed E-state index contributed by atoms with van der Waals surface area (Å²) < 4.78 is 0. The number of carbonyl (C=O) groups excluding carboxylic acids is 1. The average Bonchev–Trinajstić information content (AvgIpc) is 3.03. The second kappa shape index (κ2) is 8.11. The molecule has 2 amide bonds. The Kier molecular flexibility index (Phi) is 5.89. The van der Waals surface area contributed by atoms with Gasteiger partial charge in [0.25, 0.3) is 0 Å². The Labute approximate surface area is 142 Å². The monoisotopic (exact) mass is 336 g/mol. The minimum Gasteiger partial charge on any atom is -0.352 e. The predicted octanol–water partition coefficient (Wildman–Crippen LogP) is 3.07. The highest BCUT2D eigenvalue weighted by atomic mass is 32.1. The molecule has 1 aromatic heterocycles. The summed E-state index contributed by atoms with van der Waals surface area (Å²) in [4.78, 5) is 18.2. The number of urea groups is 1. The summed E-state index contributed by atoms with van der Waals surface area (Å²) in [5.74, 6) is 1.21. The molecule has 1 aromatic rings. The number of piperidine rings is 1. The fourth-order valence-electron chi connectivity index (χ4n) is 3.87. The Morgan fingerprint density at radius 1 is 1.30 bits per heavy atom. The van der Waals surface area contributed by atoms with Crippen LogP contribution in [-0.4, -0.2) is 35.5 Å². The second-order valence-electron chi connectivity index (χ2n) is 7.00. The van der Waals surface area contributed by atoms with Crippen molar-refractivity contribution in [2.24, 2.45) is 11.7 Å². The first-order valence-corrected chi connectivity index (χ1v) is 9.78. The number of nitrogens with zero attached hydrogens (tertiary/aromatic N) is 2. The molecule has 0 bridgehead atoms. The number of likely N-dealkylation sites (tertiary alicyclic amines) is 1. The van der Waals surface area contributed by atoms with Gasteiger partial charge in [-0.2, -0.15) is 0 Å². The van der Waals surface area contributed by atoms with Crippen LogP contribution in [0.5, 0.6) is 0 Å². The topological polar surface area (TPSA) is 71.2 Å². The smallest absolute Gasteiger partial charge is 0.312 e. The molecule has 1 unspecified atom stereocenters. The van der Waals surface area contributed by atoms with Crippen LogP contribution in [-0.2, 0) is 6.54 Å². The molecule has 2 heterocycles. The van der Waals surface area contributed by atoms with Gasteiger partial charge in [0.15, 0.2) is 0 Å². The molecule has 3 N–H and O–H groups in total. The molecular formula is C17H28N4OS. The van der Waals surface area contributed by atoms with E-state index in [0.717, 1.165) is 19.6 Å². The molecule has 1 aliphatic carbocycles. The second-order valence-corrected chi connectivity index (χ2v) is 7.89. The van der Waals surface area contributed by atoms with Crippen LogP contribution >= 0.6 is 11.3 Å². The number of nitrogens with one attached hydrogen (secondary N) is 1. The maximum absolute atomic E-state index is 10.9. The molecular weight excluding hydrogens is 308 g/mol. The Hall–Kier alpha value is -1.14. The van der Waals surface area contributed by atoms with E-state index in [4.69, 9.17) is 10.7 Å². The van der Waals surface area contributed by atoms with Gasteiger partial charge in [0.2, 0.25) is 0 Å². The lowest BCUT2D eigenvalue weighted by atomic mass is 9.90. The van der Waals surface area contributed by atoms with Crippen LogP contribution in [0.3, 0.4) is 0 Å². The number of rotatable bonds is 5. The molecule has 1 saturated carbocycles. The molecule has 0 radical (unpaired) electrons. The van der Waals surface area contributed by atoms with Gasteiger partial charge in [-0.15, -0.1) is 11.3 Å². The molecule has 1 aliphatic heterocycles. The maximum atomic E-state index is 10.9. The molecule has 2 aliphatic rings. The van der Waals surface area contributed by atoms with Crippen molar-refractivity contribution < 1.29 is 4.79 Å². The van der Waals surface area contributed by atoms with Crippen molar-refractivity contribution >= 4 is 17.4 Å². The zero-order valence-corrected chi connectivity index (χ0v) is 14.6. The first-order chi connectivity index (χ1) is 11.2. The van der Waals surface area contributed by atoms with Crippen molar-refractivity contribution in [3.05, 3.63) is 16.1 Å². The Balaban J connectivity index is 1.50. The molecule has 0 aromatic carbocycles. The van der Waals surface area contributed by atoms with Gasteiger partial charge >= 0.3 is 6.03 Å². The van der Waals surface area contributed by atoms with E-state index in [1.165, 1.54) is 55.6 Å². The van der Waals surface area contributed by atoms with Gasteiger partial charge in [-0.1, -0.05) is 19.3 Å². The highest BCUT2D eigenvalue weighted by molar-refractivity contribution is 7.09. The number of carbonyl (C=O) groups is 1. The first kappa shape index (κ1) is 16.7. The van der Waals surface area contributed by atoms with Crippen molar-refractivity contribution in [3.8, 4) is 0 Å². The zero-order valence-electron chi connectivity index (χ0n) is 13.8. The number of primary amides is 1. The van der Waals surface area contributed by atoms with Crippen molar-refractivity contribution in [3.63, 3.8) is 0 Å². The minimum atomic E-state index is -0.418. The van der Waals surface area contributed by atoms with Gasteiger partial charge in [0.05, 0.1) is 10.7 Å². The summed E-state index contributed by atoms with van der Waals surface area (Å²) in [6.07, 6.45) is 9.10. The fraction of sp³-hybridized carbons (Fsp3) is 0.765. The highest BCUT2D eigenvalue weighted by Gasteiger charge is 2.22. The van der Waals surface area contributed by atoms with E-state index < -0.39 is 6.03 Å². The van der Waals surface area contributed by atoms with E-state index in [-0.39, 0.29) is 0 Å². The zero-order chi connectivity index (χ0) is 16.1. The molecule has 23 heavy (non-hydrogen) atoms. The minimum absolute atomic E-state index is 0.418. The maximum Gasteiger partial charge on any atom is 0.312 e. The van der Waals surface area contributed by atoms with Gasteiger partial charge in [0, 0.05) is 30.9 Å². The van der Waals surface area contributed by atoms with E-state index in [0.29, 0.717) is 18.4 Å². The normalized spacial score (nSPS) is 23.7. The van der Waals surface area contributed by atoms with Gasteiger partial charge in [-0.3, -0.25) is 4.90 Å². The molecule has 1 saturated heterocycles. The lowest BCUT2D eigenvalue weighted by Gasteiger charge is -2.32. The van der Waals surface area contributed by atoms with Crippen molar-refractivity contribution in [2.75, 3.05) is 19.6 Å². The van der Waals surface area contributed by atoms with Crippen LogP contribution in [0.4, 0.5) is 4.79 Å². The van der Waals surface area contributed by atoms with Crippen molar-refractivity contribution in [2.45, 2.75) is 57.4 Å². The quantitative estimate of drug-likeness (QED) is 0.868. The van der Waals surface area contributed by atoms with Crippen LogP contribution in [0.25, 0.3) is 0 Å². The molecule has 128 valence electrons. The van der Waals surface area contributed by atoms with Crippen LogP contribution in [0.2, 0.25) is 0 Å². The predicted molar refractivity (Wildman–Crippen MR) is 93.5 cm³/mol. The Morgan fingerprint density at radius 3 is 2.91 bits per heavy atom. The van der Waals surface area contributed by atoms with Crippen LogP contribution in [0.1, 0.15) is 61.6 Å². The number of hydrogen-bond donors (Lipinski definition) is 2. The lowest BCUT2D eigenvalue weighted by molar-refractivity contribution is 0.164. The van der Waals surface area contributed by atoms with E-state index in [9.17, 15) is 4.79 Å². The third-order valence-electron chi connectivity index (χ3n) is 5.08. The van der Waals surface area contributed by atoms with Crippen LogP contribution < -0.4 is 11.1 Å². The third kappa shape index (κ3) is 4.91. The van der Waals surface area contributed by atoms with Gasteiger partial charge < -0.3 is 11.1 Å². The summed E-state index contributed by atoms with van der Waals surface area (Å²) in [5, 5.41) is 6.34. The molecule has 1 atom stereocenters. The fourth-order valence-corrected chi connectivity index (χ4v) is 4.85. The number of amides is 2. The Morgan fingerprint density at radius 2 is 2.13 bits per heavy atom. The number of nitrogens with two attached hydrogens (primary N) is 1. The summed E-state index contributed by atoms with van der Waals surface area (Å²) in [6, 6.07) is -0.418. The molecule has 6 heteroatoms. The number of thiazole rings is 1. The van der Waals surface area contributed by atoms with E-state index in [1.54, 1.807) is 0 Å². The van der Waals surface area contributed by atoms with Crippen LogP contribution in [0.15, 0.2) is 5.38 Å². The van der Waals surface area contributed by atoms with Gasteiger partial charge in [0.1, 0.15) is 0 Å². The number of aromatic nitrogens is 1. The molecule has 2 fully saturated rings. The summed E-state index contributed by atoms with van der Waals surface area (Å²) in [7, 11) is 0. The lowest BCUT2D eigenvalue weighted by Crippen LogP contribution is -2.41. The molecule has 5 nitrogen and oxygen atoms in total. The van der Waals surface area contributed by atoms with Crippen molar-refractivity contribution in [1.29, 1.82) is 0 Å². The largest absolute Gasteiger partial charge is 0.352 e. The van der Waals surface area contributed by atoms with E-state index >= 15 is 0 Å². The third-order valence-corrected chi connectivity index (χ3v) is 6.13. The summed E-state index contributed by atoms with van der Waals surface area (Å²) in [6.45, 7) is 3.78. The summed E-state index contributed by atoms with van der Waals surface area (Å²) >= 11 is 1.85. The van der Waals surface area contributed by atoms with Crippen LogP contribution in [0, 0.1) is 5.92 Å². The highest BCUT2D eigenvalue weighted by Crippen LogP contribution is 2.34. The van der Waals surface area contributed by atoms with Gasteiger partial charge in [-0.05, 0) is 38.1 Å². The summed E-state index contributed by atoms with van der Waals surface area (Å²) in [5.41, 5.74) is 6.39. The average molecular weight is 337 g/mol. The van der Waals surface area contributed by atoms with Gasteiger partial charge in [-0.25, -0.2) is 9.78 Å².